The lowest BCUT2D eigenvalue weighted by molar-refractivity contribution is 0.0698. The molecule has 0 amide bonds. The smallest absolute Gasteiger partial charge is 0.338 e. The molecule has 2 aromatic rings. The van der Waals surface area contributed by atoms with Crippen LogP contribution in [0.4, 0.5) is 14.7 Å². The maximum Gasteiger partial charge on any atom is 0.338 e. The standard InChI is InChI=1S/C8H5F2N3O2/c9-3-1-2(7(14)15)5-6(4(3)10)13-8(11)12-5/h1H,(H,14,15)(H3,11,12,13). The second kappa shape index (κ2) is 2.91. The van der Waals surface area contributed by atoms with E-state index in [-0.39, 0.29) is 11.5 Å². The van der Waals surface area contributed by atoms with Gasteiger partial charge in [0, 0.05) is 0 Å². The van der Waals surface area contributed by atoms with E-state index in [1.165, 1.54) is 0 Å². The molecule has 0 aliphatic carbocycles. The molecule has 0 fully saturated rings. The largest absolute Gasteiger partial charge is 0.478 e. The van der Waals surface area contributed by atoms with Crippen LogP contribution >= 0.6 is 0 Å². The summed E-state index contributed by atoms with van der Waals surface area (Å²) in [7, 11) is 0. The van der Waals surface area contributed by atoms with Crippen LogP contribution in [0.2, 0.25) is 0 Å². The van der Waals surface area contributed by atoms with Crippen LogP contribution in [0.1, 0.15) is 10.4 Å². The summed E-state index contributed by atoms with van der Waals surface area (Å²) in [6.07, 6.45) is 0. The third kappa shape index (κ3) is 1.28. The average Bonchev–Trinajstić information content (AvgIpc) is 2.53. The van der Waals surface area contributed by atoms with Crippen LogP contribution in [0.5, 0.6) is 0 Å². The minimum absolute atomic E-state index is 0.126. The Hall–Kier alpha value is -2.18. The fourth-order valence-electron chi connectivity index (χ4n) is 1.29. The Morgan fingerprint density at radius 2 is 2.20 bits per heavy atom. The zero-order valence-corrected chi connectivity index (χ0v) is 7.21. The number of nitrogens with zero attached hydrogens (tertiary/aromatic N) is 1. The number of aromatic nitrogens is 2. The summed E-state index contributed by atoms with van der Waals surface area (Å²) >= 11 is 0. The van der Waals surface area contributed by atoms with Gasteiger partial charge in [-0.1, -0.05) is 0 Å². The quantitative estimate of drug-likeness (QED) is 0.661. The number of carboxylic acids is 1. The van der Waals surface area contributed by atoms with Crippen LogP contribution < -0.4 is 5.73 Å². The third-order valence-electron chi connectivity index (χ3n) is 1.91. The maximum atomic E-state index is 13.1. The number of carbonyl (C=O) groups is 1. The van der Waals surface area contributed by atoms with Gasteiger partial charge in [-0.05, 0) is 6.07 Å². The van der Waals surface area contributed by atoms with Gasteiger partial charge in [0.15, 0.2) is 17.6 Å². The van der Waals surface area contributed by atoms with Crippen molar-refractivity contribution < 1.29 is 18.7 Å². The molecule has 1 aromatic carbocycles. The summed E-state index contributed by atoms with van der Waals surface area (Å²) in [4.78, 5) is 16.5. The van der Waals surface area contributed by atoms with Crippen molar-refractivity contribution in [3.8, 4) is 0 Å². The van der Waals surface area contributed by atoms with Crippen LogP contribution in [0, 0.1) is 11.6 Å². The van der Waals surface area contributed by atoms with E-state index in [2.05, 4.69) is 9.97 Å². The Labute approximate surface area is 81.5 Å². The Kier molecular flexibility index (Phi) is 1.82. The molecule has 0 saturated carbocycles. The van der Waals surface area contributed by atoms with E-state index >= 15 is 0 Å². The molecule has 1 heterocycles. The summed E-state index contributed by atoms with van der Waals surface area (Å²) in [5.41, 5.74) is 4.28. The van der Waals surface area contributed by atoms with Crippen molar-refractivity contribution in [3.05, 3.63) is 23.3 Å². The molecule has 0 atom stereocenters. The number of fused-ring (bicyclic) bond motifs is 1. The van der Waals surface area contributed by atoms with Gasteiger partial charge in [0.2, 0.25) is 0 Å². The number of nitrogens with two attached hydrogens (primary N) is 1. The van der Waals surface area contributed by atoms with E-state index in [0.29, 0.717) is 6.07 Å². The molecular weight excluding hydrogens is 208 g/mol. The SMILES string of the molecule is Nc1nc2c(F)c(F)cc(C(=O)O)c2[nH]1. The van der Waals surface area contributed by atoms with Crippen LogP contribution in [0.3, 0.4) is 0 Å². The average molecular weight is 213 g/mol. The number of anilines is 1. The zero-order chi connectivity index (χ0) is 11.2. The highest BCUT2D eigenvalue weighted by molar-refractivity contribution is 6.01. The molecule has 0 unspecified atom stereocenters. The summed E-state index contributed by atoms with van der Waals surface area (Å²) in [5.74, 6) is -4.05. The van der Waals surface area contributed by atoms with Gasteiger partial charge in [-0.25, -0.2) is 18.6 Å². The van der Waals surface area contributed by atoms with Crippen molar-refractivity contribution in [3.63, 3.8) is 0 Å². The number of hydrogen-bond donors (Lipinski definition) is 3. The second-order valence-electron chi connectivity index (χ2n) is 2.87. The fourth-order valence-corrected chi connectivity index (χ4v) is 1.29. The number of nitrogen functional groups attached to an aromatic ring is 1. The number of carboxylic acid groups (broad SMARTS) is 1. The number of nitrogens with one attached hydrogen (secondary N) is 1. The number of hydrogen-bond acceptors (Lipinski definition) is 3. The van der Waals surface area contributed by atoms with Crippen LogP contribution in [0.25, 0.3) is 11.0 Å². The highest BCUT2D eigenvalue weighted by Crippen LogP contribution is 2.23. The molecular formula is C8H5F2N3O2. The monoisotopic (exact) mass is 213 g/mol. The van der Waals surface area contributed by atoms with Crippen LogP contribution in [-0.4, -0.2) is 21.0 Å². The van der Waals surface area contributed by atoms with E-state index in [1.54, 1.807) is 0 Å². The first-order chi connectivity index (χ1) is 7.00. The van der Waals surface area contributed by atoms with Gasteiger partial charge in [0.25, 0.3) is 0 Å². The Balaban J connectivity index is 2.93. The van der Waals surface area contributed by atoms with Crippen molar-refractivity contribution in [2.45, 2.75) is 0 Å². The number of H-pyrrole nitrogens is 1. The van der Waals surface area contributed by atoms with Crippen LogP contribution in [0.15, 0.2) is 6.07 Å². The van der Waals surface area contributed by atoms with E-state index in [0.717, 1.165) is 0 Å². The molecule has 2 rings (SSSR count). The number of aromatic carboxylic acids is 1. The molecule has 0 spiro atoms. The number of rotatable bonds is 1. The summed E-state index contributed by atoms with van der Waals surface area (Å²) in [6.45, 7) is 0. The number of halogens is 2. The highest BCUT2D eigenvalue weighted by Gasteiger charge is 2.19. The van der Waals surface area contributed by atoms with E-state index in [4.69, 9.17) is 10.8 Å². The molecule has 0 bridgehead atoms. The normalized spacial score (nSPS) is 10.8. The summed E-state index contributed by atoms with van der Waals surface area (Å²) in [6, 6.07) is 0.581. The van der Waals surface area contributed by atoms with E-state index < -0.39 is 28.7 Å². The van der Waals surface area contributed by atoms with Gasteiger partial charge in [-0.3, -0.25) is 0 Å². The predicted octanol–water partition coefficient (Wildman–Crippen LogP) is 1.12. The van der Waals surface area contributed by atoms with Crippen molar-refractivity contribution in [2.24, 2.45) is 0 Å². The van der Waals surface area contributed by atoms with Crippen molar-refractivity contribution in [1.82, 2.24) is 9.97 Å². The van der Waals surface area contributed by atoms with Gasteiger partial charge < -0.3 is 15.8 Å². The summed E-state index contributed by atoms with van der Waals surface area (Å²) in [5, 5.41) is 8.73. The van der Waals surface area contributed by atoms with Gasteiger partial charge >= 0.3 is 5.97 Å². The van der Waals surface area contributed by atoms with Crippen molar-refractivity contribution >= 4 is 23.0 Å². The molecule has 5 nitrogen and oxygen atoms in total. The Bertz CT molecular complexity index is 565. The molecule has 0 aliphatic heterocycles. The second-order valence-corrected chi connectivity index (χ2v) is 2.87. The van der Waals surface area contributed by atoms with E-state index in [1.807, 2.05) is 0 Å². The highest BCUT2D eigenvalue weighted by atomic mass is 19.2. The molecule has 0 radical (unpaired) electrons. The molecule has 4 N–H and O–H groups in total. The zero-order valence-electron chi connectivity index (χ0n) is 7.21. The van der Waals surface area contributed by atoms with Gasteiger partial charge in [-0.2, -0.15) is 0 Å². The van der Waals surface area contributed by atoms with Gasteiger partial charge in [0.05, 0.1) is 11.1 Å². The predicted molar refractivity (Wildman–Crippen MR) is 47.4 cm³/mol. The van der Waals surface area contributed by atoms with Crippen molar-refractivity contribution in [1.29, 1.82) is 0 Å². The third-order valence-corrected chi connectivity index (χ3v) is 1.91. The molecule has 15 heavy (non-hydrogen) atoms. The number of imidazole rings is 1. The molecule has 1 aromatic heterocycles. The van der Waals surface area contributed by atoms with Crippen LogP contribution in [-0.2, 0) is 0 Å². The number of aromatic amines is 1. The minimum atomic E-state index is -1.39. The summed E-state index contributed by atoms with van der Waals surface area (Å²) < 4.78 is 26.1. The maximum absolute atomic E-state index is 13.1. The lowest BCUT2D eigenvalue weighted by Gasteiger charge is -1.98. The first-order valence-corrected chi connectivity index (χ1v) is 3.87. The number of benzene rings is 1. The Morgan fingerprint density at radius 3 is 2.80 bits per heavy atom. The molecule has 0 aliphatic rings. The molecule has 78 valence electrons. The molecule has 7 heteroatoms. The van der Waals surface area contributed by atoms with Gasteiger partial charge in [0.1, 0.15) is 5.52 Å². The lowest BCUT2D eigenvalue weighted by Crippen LogP contribution is -2.00. The lowest BCUT2D eigenvalue weighted by atomic mass is 10.1. The first kappa shape index (κ1) is 9.38. The first-order valence-electron chi connectivity index (χ1n) is 3.87. The Morgan fingerprint density at radius 1 is 1.53 bits per heavy atom. The van der Waals surface area contributed by atoms with Crippen molar-refractivity contribution in [2.75, 3.05) is 5.73 Å². The minimum Gasteiger partial charge on any atom is -0.478 e. The fraction of sp³-hybridized carbons (Fsp3) is 0. The molecule has 0 saturated heterocycles. The van der Waals surface area contributed by atoms with E-state index in [9.17, 15) is 13.6 Å². The van der Waals surface area contributed by atoms with Gasteiger partial charge in [-0.15, -0.1) is 0 Å². The topological polar surface area (TPSA) is 92.0 Å².